The molecule has 0 bridgehead atoms. The van der Waals surface area contributed by atoms with E-state index in [2.05, 4.69) is 59.5 Å². The van der Waals surface area contributed by atoms with Crippen molar-refractivity contribution in [2.75, 3.05) is 20.1 Å². The molecule has 3 nitrogen and oxygen atoms in total. The van der Waals surface area contributed by atoms with Gasteiger partial charge >= 0.3 is 0 Å². The zero-order valence-corrected chi connectivity index (χ0v) is 16.6. The van der Waals surface area contributed by atoms with E-state index in [0.717, 1.165) is 32.5 Å². The third-order valence-corrected chi connectivity index (χ3v) is 5.85. The van der Waals surface area contributed by atoms with Crippen molar-refractivity contribution in [1.82, 2.24) is 9.80 Å². The van der Waals surface area contributed by atoms with Crippen molar-refractivity contribution in [1.29, 1.82) is 0 Å². The summed E-state index contributed by atoms with van der Waals surface area (Å²) in [6.07, 6.45) is 1.89. The SMILES string of the molecule is CN(Cc1ccccc1)C(=O)C1CCN(Cc2cccc3ccccc23)CC1. The predicted molar refractivity (Wildman–Crippen MR) is 115 cm³/mol. The monoisotopic (exact) mass is 372 g/mol. The summed E-state index contributed by atoms with van der Waals surface area (Å²) >= 11 is 0. The fraction of sp³-hybridized carbons (Fsp3) is 0.320. The Morgan fingerprint density at radius 1 is 0.929 bits per heavy atom. The Kier molecular flexibility index (Phi) is 5.73. The first-order chi connectivity index (χ1) is 13.7. The molecule has 144 valence electrons. The summed E-state index contributed by atoms with van der Waals surface area (Å²) in [6.45, 7) is 3.62. The molecule has 0 N–H and O–H groups in total. The summed E-state index contributed by atoms with van der Waals surface area (Å²) in [5.74, 6) is 0.436. The largest absolute Gasteiger partial charge is 0.341 e. The number of rotatable bonds is 5. The third kappa shape index (κ3) is 4.26. The molecule has 0 aliphatic carbocycles. The van der Waals surface area contributed by atoms with Gasteiger partial charge in [-0.05, 0) is 47.8 Å². The maximum atomic E-state index is 12.8. The second kappa shape index (κ2) is 8.57. The molecule has 1 saturated heterocycles. The van der Waals surface area contributed by atoms with E-state index in [9.17, 15) is 4.79 Å². The van der Waals surface area contributed by atoms with Gasteiger partial charge in [-0.25, -0.2) is 0 Å². The van der Waals surface area contributed by atoms with E-state index in [0.29, 0.717) is 6.54 Å². The molecular weight excluding hydrogens is 344 g/mol. The quantitative estimate of drug-likeness (QED) is 0.647. The number of likely N-dealkylation sites (tertiary alicyclic amines) is 1. The van der Waals surface area contributed by atoms with Gasteiger partial charge in [-0.15, -0.1) is 0 Å². The van der Waals surface area contributed by atoms with Gasteiger partial charge in [0.1, 0.15) is 0 Å². The zero-order chi connectivity index (χ0) is 19.3. The molecule has 3 heteroatoms. The fourth-order valence-electron chi connectivity index (χ4n) is 4.26. The molecule has 3 aromatic rings. The highest BCUT2D eigenvalue weighted by atomic mass is 16.2. The van der Waals surface area contributed by atoms with Gasteiger partial charge < -0.3 is 4.90 Å². The molecule has 1 amide bonds. The summed E-state index contributed by atoms with van der Waals surface area (Å²) in [6, 6.07) is 25.4. The minimum absolute atomic E-state index is 0.150. The smallest absolute Gasteiger partial charge is 0.225 e. The van der Waals surface area contributed by atoms with Crippen LogP contribution in [0.2, 0.25) is 0 Å². The third-order valence-electron chi connectivity index (χ3n) is 5.85. The van der Waals surface area contributed by atoms with Crippen LogP contribution in [0, 0.1) is 5.92 Å². The predicted octanol–water partition coefficient (Wildman–Crippen LogP) is 4.71. The number of nitrogens with zero attached hydrogens (tertiary/aromatic N) is 2. The van der Waals surface area contributed by atoms with Gasteiger partial charge in [-0.3, -0.25) is 9.69 Å². The van der Waals surface area contributed by atoms with Gasteiger partial charge in [0.2, 0.25) is 5.91 Å². The number of hydrogen-bond donors (Lipinski definition) is 0. The van der Waals surface area contributed by atoms with Gasteiger partial charge in [0.15, 0.2) is 0 Å². The van der Waals surface area contributed by atoms with E-state index in [4.69, 9.17) is 0 Å². The number of carbonyl (C=O) groups is 1. The summed E-state index contributed by atoms with van der Waals surface area (Å²) in [7, 11) is 1.93. The number of hydrogen-bond acceptors (Lipinski definition) is 2. The lowest BCUT2D eigenvalue weighted by Gasteiger charge is -2.33. The van der Waals surface area contributed by atoms with Crippen molar-refractivity contribution in [2.24, 2.45) is 5.92 Å². The molecule has 1 aliphatic heterocycles. The number of fused-ring (bicyclic) bond motifs is 1. The normalized spacial score (nSPS) is 15.6. The zero-order valence-electron chi connectivity index (χ0n) is 16.6. The molecule has 0 aromatic heterocycles. The van der Waals surface area contributed by atoms with Crippen molar-refractivity contribution in [3.05, 3.63) is 83.9 Å². The average molecular weight is 373 g/mol. The van der Waals surface area contributed by atoms with E-state index in [1.54, 1.807) is 0 Å². The maximum absolute atomic E-state index is 12.8. The summed E-state index contributed by atoms with van der Waals surface area (Å²) in [4.78, 5) is 17.2. The van der Waals surface area contributed by atoms with Crippen molar-refractivity contribution >= 4 is 16.7 Å². The Bertz CT molecular complexity index is 924. The van der Waals surface area contributed by atoms with Crippen molar-refractivity contribution in [2.45, 2.75) is 25.9 Å². The van der Waals surface area contributed by atoms with Gasteiger partial charge in [0, 0.05) is 26.1 Å². The van der Waals surface area contributed by atoms with Crippen LogP contribution in [0.5, 0.6) is 0 Å². The van der Waals surface area contributed by atoms with E-state index >= 15 is 0 Å². The molecule has 0 saturated carbocycles. The van der Waals surface area contributed by atoms with Crippen LogP contribution in [0.25, 0.3) is 10.8 Å². The average Bonchev–Trinajstić information content (AvgIpc) is 2.75. The Morgan fingerprint density at radius 3 is 2.39 bits per heavy atom. The van der Waals surface area contributed by atoms with Crippen molar-refractivity contribution < 1.29 is 4.79 Å². The van der Waals surface area contributed by atoms with Crippen LogP contribution in [0.3, 0.4) is 0 Å². The van der Waals surface area contributed by atoms with Gasteiger partial charge in [-0.2, -0.15) is 0 Å². The van der Waals surface area contributed by atoms with Gasteiger partial charge in [0.25, 0.3) is 0 Å². The topological polar surface area (TPSA) is 23.6 Å². The second-order valence-electron chi connectivity index (χ2n) is 7.87. The second-order valence-corrected chi connectivity index (χ2v) is 7.87. The standard InChI is InChI=1S/C25H28N2O/c1-26(18-20-8-3-2-4-9-20)25(28)22-14-16-27(17-15-22)19-23-12-7-11-21-10-5-6-13-24(21)23/h2-13,22H,14-19H2,1H3. The molecular formula is C25H28N2O. The molecule has 0 unspecified atom stereocenters. The number of carbonyl (C=O) groups excluding carboxylic acids is 1. The van der Waals surface area contributed by atoms with Crippen LogP contribution >= 0.6 is 0 Å². The van der Waals surface area contributed by atoms with Crippen LogP contribution in [-0.2, 0) is 17.9 Å². The molecule has 0 radical (unpaired) electrons. The summed E-state index contributed by atoms with van der Waals surface area (Å²) in [5.41, 5.74) is 2.57. The first-order valence-corrected chi connectivity index (χ1v) is 10.2. The molecule has 3 aromatic carbocycles. The minimum Gasteiger partial charge on any atom is -0.341 e. The maximum Gasteiger partial charge on any atom is 0.225 e. The lowest BCUT2D eigenvalue weighted by atomic mass is 9.94. The van der Waals surface area contributed by atoms with Crippen LogP contribution in [0.15, 0.2) is 72.8 Å². The van der Waals surface area contributed by atoms with E-state index in [1.807, 2.05) is 30.1 Å². The molecule has 28 heavy (non-hydrogen) atoms. The van der Waals surface area contributed by atoms with Gasteiger partial charge in [-0.1, -0.05) is 72.8 Å². The van der Waals surface area contributed by atoms with Crippen LogP contribution < -0.4 is 0 Å². The van der Waals surface area contributed by atoms with Crippen molar-refractivity contribution in [3.63, 3.8) is 0 Å². The molecule has 4 rings (SSSR count). The minimum atomic E-state index is 0.150. The van der Waals surface area contributed by atoms with E-state index in [1.165, 1.54) is 21.9 Å². The lowest BCUT2D eigenvalue weighted by Crippen LogP contribution is -2.40. The van der Waals surface area contributed by atoms with Crippen molar-refractivity contribution in [3.8, 4) is 0 Å². The highest BCUT2D eigenvalue weighted by molar-refractivity contribution is 5.85. The fourth-order valence-corrected chi connectivity index (χ4v) is 4.26. The summed E-state index contributed by atoms with van der Waals surface area (Å²) < 4.78 is 0. The molecule has 0 spiro atoms. The number of benzene rings is 3. The van der Waals surface area contributed by atoms with Crippen LogP contribution in [-0.4, -0.2) is 35.8 Å². The molecule has 1 heterocycles. The van der Waals surface area contributed by atoms with E-state index in [-0.39, 0.29) is 11.8 Å². The molecule has 0 atom stereocenters. The Hall–Kier alpha value is -2.65. The Labute approximate surface area is 167 Å². The lowest BCUT2D eigenvalue weighted by molar-refractivity contribution is -0.136. The highest BCUT2D eigenvalue weighted by Gasteiger charge is 2.27. The Balaban J connectivity index is 1.33. The molecule has 1 aliphatic rings. The van der Waals surface area contributed by atoms with Gasteiger partial charge in [0.05, 0.1) is 0 Å². The Morgan fingerprint density at radius 2 is 1.61 bits per heavy atom. The number of amides is 1. The first kappa shape index (κ1) is 18.7. The number of piperidine rings is 1. The molecule has 1 fully saturated rings. The summed E-state index contributed by atoms with van der Waals surface area (Å²) in [5, 5.41) is 2.64. The van der Waals surface area contributed by atoms with E-state index < -0.39 is 0 Å². The van der Waals surface area contributed by atoms with Crippen LogP contribution in [0.1, 0.15) is 24.0 Å². The van der Waals surface area contributed by atoms with Crippen LogP contribution in [0.4, 0.5) is 0 Å². The highest BCUT2D eigenvalue weighted by Crippen LogP contribution is 2.24. The first-order valence-electron chi connectivity index (χ1n) is 10.2.